The van der Waals surface area contributed by atoms with Gasteiger partial charge >= 0.3 is 0 Å². The van der Waals surface area contributed by atoms with Gasteiger partial charge in [0.15, 0.2) is 0 Å². The van der Waals surface area contributed by atoms with E-state index in [1.54, 1.807) is 0 Å². The number of thioether (sulfide) groups is 1. The monoisotopic (exact) mass is 226 g/mol. The number of hydrogen-bond donors (Lipinski definition) is 1. The van der Waals surface area contributed by atoms with Crippen LogP contribution in [0, 0.1) is 13.8 Å². The van der Waals surface area contributed by atoms with E-state index in [1.165, 1.54) is 22.7 Å². The molecule has 0 amide bonds. The van der Waals surface area contributed by atoms with Crippen LogP contribution in [0.15, 0.2) is 6.07 Å². The third kappa shape index (κ3) is 3.28. The van der Waals surface area contributed by atoms with Crippen molar-refractivity contribution >= 4 is 11.8 Å². The second kappa shape index (κ2) is 6.23. The maximum absolute atomic E-state index is 3.47. The topological polar surface area (TPSA) is 17.0 Å². The third-order valence-electron chi connectivity index (χ3n) is 2.79. The van der Waals surface area contributed by atoms with Gasteiger partial charge in [-0.3, -0.25) is 0 Å². The second-order valence-electron chi connectivity index (χ2n) is 3.81. The average Bonchev–Trinajstić information content (AvgIpc) is 2.49. The van der Waals surface area contributed by atoms with Gasteiger partial charge in [0.25, 0.3) is 0 Å². The minimum Gasteiger partial charge on any atom is -0.349 e. The van der Waals surface area contributed by atoms with Crippen molar-refractivity contribution in [2.45, 2.75) is 33.9 Å². The zero-order chi connectivity index (χ0) is 11.3. The van der Waals surface area contributed by atoms with Crippen molar-refractivity contribution in [3.05, 3.63) is 23.0 Å². The van der Waals surface area contributed by atoms with Crippen molar-refractivity contribution in [3.63, 3.8) is 0 Å². The Bertz CT molecular complexity index is 305. The lowest BCUT2D eigenvalue weighted by Gasteiger charge is -2.06. The predicted molar refractivity (Wildman–Crippen MR) is 69.7 cm³/mol. The Balaban J connectivity index is 2.54. The van der Waals surface area contributed by atoms with Gasteiger partial charge in [0, 0.05) is 36.8 Å². The Morgan fingerprint density at radius 2 is 2.13 bits per heavy atom. The van der Waals surface area contributed by atoms with Crippen LogP contribution >= 0.6 is 11.8 Å². The molecule has 0 unspecified atom stereocenters. The lowest BCUT2D eigenvalue weighted by atomic mass is 10.2. The lowest BCUT2D eigenvalue weighted by molar-refractivity contribution is 0.695. The molecule has 3 heteroatoms. The predicted octanol–water partition coefficient (Wildman–Crippen LogP) is 2.58. The molecule has 1 aromatic heterocycles. The second-order valence-corrected chi connectivity index (χ2v) is 4.80. The summed E-state index contributed by atoms with van der Waals surface area (Å²) in [6.45, 7) is 9.76. The molecular formula is C12H22N2S. The summed E-state index contributed by atoms with van der Waals surface area (Å²) in [6.07, 6.45) is 2.14. The molecule has 1 aromatic rings. The van der Waals surface area contributed by atoms with Crippen LogP contribution in [0.2, 0.25) is 0 Å². The largest absolute Gasteiger partial charge is 0.349 e. The Morgan fingerprint density at radius 1 is 1.40 bits per heavy atom. The van der Waals surface area contributed by atoms with Gasteiger partial charge in [0.05, 0.1) is 0 Å². The fraction of sp³-hybridized carbons (Fsp3) is 0.667. The zero-order valence-corrected chi connectivity index (χ0v) is 11.1. The quantitative estimate of drug-likeness (QED) is 0.751. The normalized spacial score (nSPS) is 10.9. The first-order valence-electron chi connectivity index (χ1n) is 5.56. The van der Waals surface area contributed by atoms with Gasteiger partial charge in [-0.25, -0.2) is 0 Å². The Hall–Kier alpha value is -0.410. The average molecular weight is 226 g/mol. The molecule has 0 fully saturated rings. The first-order valence-corrected chi connectivity index (χ1v) is 6.95. The van der Waals surface area contributed by atoms with Gasteiger partial charge in [-0.15, -0.1) is 0 Å². The summed E-state index contributed by atoms with van der Waals surface area (Å²) >= 11 is 1.89. The number of aryl methyl sites for hydroxylation is 1. The van der Waals surface area contributed by atoms with E-state index < -0.39 is 0 Å². The van der Waals surface area contributed by atoms with Gasteiger partial charge in [-0.1, -0.05) is 0 Å². The first-order chi connectivity index (χ1) is 7.20. The van der Waals surface area contributed by atoms with E-state index >= 15 is 0 Å². The highest BCUT2D eigenvalue weighted by atomic mass is 32.2. The molecule has 0 atom stereocenters. The van der Waals surface area contributed by atoms with Gasteiger partial charge < -0.3 is 9.88 Å². The first kappa shape index (κ1) is 12.7. The maximum Gasteiger partial charge on any atom is 0.0223 e. The summed E-state index contributed by atoms with van der Waals surface area (Å²) in [4.78, 5) is 0. The molecular weight excluding hydrogens is 204 g/mol. The molecule has 0 bridgehead atoms. The number of nitrogens with zero attached hydrogens (tertiary/aromatic N) is 1. The van der Waals surface area contributed by atoms with E-state index in [1.807, 2.05) is 11.8 Å². The van der Waals surface area contributed by atoms with Crippen LogP contribution in [0.3, 0.4) is 0 Å². The molecule has 0 spiro atoms. The minimum atomic E-state index is 1.00. The molecule has 0 saturated carbocycles. The summed E-state index contributed by atoms with van der Waals surface area (Å²) in [5.74, 6) is 1.19. The van der Waals surface area contributed by atoms with Crippen LogP contribution < -0.4 is 5.32 Å². The number of rotatable bonds is 6. The van der Waals surface area contributed by atoms with Gasteiger partial charge in [-0.2, -0.15) is 11.8 Å². The molecule has 0 aliphatic rings. The Morgan fingerprint density at radius 3 is 2.67 bits per heavy atom. The number of aromatic nitrogens is 1. The third-order valence-corrected chi connectivity index (χ3v) is 3.41. The highest BCUT2D eigenvalue weighted by molar-refractivity contribution is 7.98. The van der Waals surface area contributed by atoms with Crippen molar-refractivity contribution in [1.82, 2.24) is 9.88 Å². The molecule has 0 aromatic carbocycles. The molecule has 0 saturated heterocycles. The lowest BCUT2D eigenvalue weighted by Crippen LogP contribution is -2.16. The summed E-state index contributed by atoms with van der Waals surface area (Å²) in [7, 11) is 0. The number of nitrogens with one attached hydrogen (secondary N) is 1. The smallest absolute Gasteiger partial charge is 0.0223 e. The summed E-state index contributed by atoms with van der Waals surface area (Å²) in [5, 5.41) is 3.47. The van der Waals surface area contributed by atoms with E-state index in [2.05, 4.69) is 43.0 Å². The van der Waals surface area contributed by atoms with E-state index in [-0.39, 0.29) is 0 Å². The van der Waals surface area contributed by atoms with E-state index in [0.717, 1.165) is 19.6 Å². The van der Waals surface area contributed by atoms with Gasteiger partial charge in [0.1, 0.15) is 0 Å². The summed E-state index contributed by atoms with van der Waals surface area (Å²) in [6, 6.07) is 2.30. The highest BCUT2D eigenvalue weighted by Crippen LogP contribution is 2.14. The van der Waals surface area contributed by atoms with Crippen LogP contribution in [0.5, 0.6) is 0 Å². The summed E-state index contributed by atoms with van der Waals surface area (Å²) in [5.41, 5.74) is 4.22. The fourth-order valence-electron chi connectivity index (χ4n) is 1.94. The van der Waals surface area contributed by atoms with Crippen LogP contribution in [-0.4, -0.2) is 23.1 Å². The molecule has 1 N–H and O–H groups in total. The standard InChI is InChI=1S/C12H22N2S/c1-5-14-10(2)8-12(11(14)3)9-13-6-7-15-4/h8,13H,5-7,9H2,1-4H3. The summed E-state index contributed by atoms with van der Waals surface area (Å²) < 4.78 is 2.37. The van der Waals surface area contributed by atoms with Crippen LogP contribution in [-0.2, 0) is 13.1 Å². The van der Waals surface area contributed by atoms with Gasteiger partial charge in [0.2, 0.25) is 0 Å². The van der Waals surface area contributed by atoms with Gasteiger partial charge in [-0.05, 0) is 38.7 Å². The SMILES string of the molecule is CCn1c(C)cc(CNCCSC)c1C. The van der Waals surface area contributed by atoms with E-state index in [0.29, 0.717) is 0 Å². The van der Waals surface area contributed by atoms with Crippen LogP contribution in [0.25, 0.3) is 0 Å². The Labute approximate surface area is 97.4 Å². The molecule has 1 heterocycles. The van der Waals surface area contributed by atoms with E-state index in [9.17, 15) is 0 Å². The Kier molecular flexibility index (Phi) is 5.26. The molecule has 86 valence electrons. The minimum absolute atomic E-state index is 1.00. The highest BCUT2D eigenvalue weighted by Gasteiger charge is 2.06. The zero-order valence-electron chi connectivity index (χ0n) is 10.3. The molecule has 15 heavy (non-hydrogen) atoms. The molecule has 0 aliphatic carbocycles. The maximum atomic E-state index is 3.47. The molecule has 1 rings (SSSR count). The van der Waals surface area contributed by atoms with Crippen molar-refractivity contribution in [3.8, 4) is 0 Å². The van der Waals surface area contributed by atoms with Crippen LogP contribution in [0.1, 0.15) is 23.9 Å². The molecule has 2 nitrogen and oxygen atoms in total. The van der Waals surface area contributed by atoms with Crippen molar-refractivity contribution in [2.24, 2.45) is 0 Å². The molecule has 0 radical (unpaired) electrons. The van der Waals surface area contributed by atoms with Crippen molar-refractivity contribution < 1.29 is 0 Å². The van der Waals surface area contributed by atoms with Crippen molar-refractivity contribution in [1.29, 1.82) is 0 Å². The molecule has 0 aliphatic heterocycles. The number of hydrogen-bond acceptors (Lipinski definition) is 2. The van der Waals surface area contributed by atoms with Crippen LogP contribution in [0.4, 0.5) is 0 Å². The van der Waals surface area contributed by atoms with Crippen molar-refractivity contribution in [2.75, 3.05) is 18.6 Å². The fourth-order valence-corrected chi connectivity index (χ4v) is 2.28. The van der Waals surface area contributed by atoms with E-state index in [4.69, 9.17) is 0 Å².